The van der Waals surface area contributed by atoms with E-state index in [0.29, 0.717) is 16.3 Å². The van der Waals surface area contributed by atoms with Gasteiger partial charge in [0.05, 0.1) is 35.3 Å². The third-order valence-corrected chi connectivity index (χ3v) is 4.98. The summed E-state index contributed by atoms with van der Waals surface area (Å²) in [6.07, 6.45) is 3.02. The standard InChI is InChI=1S/C23H21ClN2O6/c1-3-31-22(27)16-13-20(23(28)32-4-2)21(15-5-9-19(10-6-15)26(29)30)25(14-16)18-11-7-17(24)8-12-18/h5-14,21H,3-4H2,1-2H3. The first kappa shape index (κ1) is 23.0. The van der Waals surface area contributed by atoms with Crippen molar-refractivity contribution in [3.05, 3.63) is 92.7 Å². The Labute approximate surface area is 189 Å². The molecule has 2 aromatic rings. The Morgan fingerprint density at radius 3 is 2.16 bits per heavy atom. The van der Waals surface area contributed by atoms with Gasteiger partial charge in [-0.05, 0) is 61.9 Å². The van der Waals surface area contributed by atoms with E-state index in [4.69, 9.17) is 21.1 Å². The summed E-state index contributed by atoms with van der Waals surface area (Å²) in [5, 5.41) is 11.6. The maximum atomic E-state index is 12.9. The molecule has 166 valence electrons. The van der Waals surface area contributed by atoms with Crippen LogP contribution in [0.3, 0.4) is 0 Å². The molecular weight excluding hydrogens is 436 g/mol. The lowest BCUT2D eigenvalue weighted by Crippen LogP contribution is -2.33. The van der Waals surface area contributed by atoms with E-state index in [0.717, 1.165) is 0 Å². The van der Waals surface area contributed by atoms with E-state index in [1.165, 1.54) is 18.2 Å². The SMILES string of the molecule is CCOC(=O)C1=CN(c2ccc(Cl)cc2)C(c2ccc([N+](=O)[O-])cc2)C(C(=O)OCC)=C1. The van der Waals surface area contributed by atoms with Gasteiger partial charge in [0.15, 0.2) is 0 Å². The molecule has 0 saturated heterocycles. The lowest BCUT2D eigenvalue weighted by molar-refractivity contribution is -0.384. The number of nitro groups is 1. The first-order valence-electron chi connectivity index (χ1n) is 9.91. The average molecular weight is 457 g/mol. The topological polar surface area (TPSA) is 99.0 Å². The number of carbonyl (C=O) groups is 2. The number of esters is 2. The number of benzene rings is 2. The van der Waals surface area contributed by atoms with Gasteiger partial charge in [-0.2, -0.15) is 0 Å². The van der Waals surface area contributed by atoms with Crippen LogP contribution in [0.15, 0.2) is 72.0 Å². The van der Waals surface area contributed by atoms with Crippen LogP contribution in [0.25, 0.3) is 0 Å². The molecule has 1 heterocycles. The molecule has 0 bridgehead atoms. The second kappa shape index (κ2) is 10.1. The molecule has 9 heteroatoms. The summed E-state index contributed by atoms with van der Waals surface area (Å²) in [6, 6.07) is 12.0. The van der Waals surface area contributed by atoms with Crippen molar-refractivity contribution in [3.8, 4) is 0 Å². The number of hydrogen-bond donors (Lipinski definition) is 0. The van der Waals surface area contributed by atoms with Crippen molar-refractivity contribution in [1.29, 1.82) is 0 Å². The van der Waals surface area contributed by atoms with Gasteiger partial charge in [0.1, 0.15) is 0 Å². The summed E-state index contributed by atoms with van der Waals surface area (Å²) in [4.78, 5) is 37.7. The van der Waals surface area contributed by atoms with Crippen molar-refractivity contribution in [2.75, 3.05) is 18.1 Å². The number of nitro benzene ring substituents is 1. The number of non-ortho nitro benzene ring substituents is 1. The van der Waals surface area contributed by atoms with Crippen LogP contribution in [0, 0.1) is 10.1 Å². The number of halogens is 1. The number of anilines is 1. The summed E-state index contributed by atoms with van der Waals surface area (Å²) in [5.41, 5.74) is 1.54. The van der Waals surface area contributed by atoms with Crippen molar-refractivity contribution in [1.82, 2.24) is 0 Å². The van der Waals surface area contributed by atoms with Crippen molar-refractivity contribution < 1.29 is 24.0 Å². The molecule has 0 amide bonds. The summed E-state index contributed by atoms with van der Waals surface area (Å²) in [6.45, 7) is 3.68. The van der Waals surface area contributed by atoms with E-state index < -0.39 is 22.9 Å². The second-order valence-corrected chi connectivity index (χ2v) is 7.20. The molecule has 8 nitrogen and oxygen atoms in total. The first-order valence-corrected chi connectivity index (χ1v) is 10.3. The van der Waals surface area contributed by atoms with E-state index >= 15 is 0 Å². The highest BCUT2D eigenvalue weighted by Gasteiger charge is 2.34. The van der Waals surface area contributed by atoms with Gasteiger partial charge in [0.2, 0.25) is 0 Å². The molecule has 0 fully saturated rings. The Morgan fingerprint density at radius 2 is 1.59 bits per heavy atom. The van der Waals surface area contributed by atoms with Crippen molar-refractivity contribution >= 4 is 34.9 Å². The minimum atomic E-state index is -0.700. The van der Waals surface area contributed by atoms with Gasteiger partial charge in [0, 0.05) is 29.0 Å². The molecule has 1 aliphatic heterocycles. The summed E-state index contributed by atoms with van der Waals surface area (Å²) >= 11 is 6.03. The maximum absolute atomic E-state index is 12.9. The van der Waals surface area contributed by atoms with E-state index in [-0.39, 0.29) is 30.0 Å². The van der Waals surface area contributed by atoms with E-state index in [9.17, 15) is 19.7 Å². The summed E-state index contributed by atoms with van der Waals surface area (Å²) < 4.78 is 10.4. The zero-order chi connectivity index (χ0) is 23.3. The van der Waals surface area contributed by atoms with E-state index in [2.05, 4.69) is 0 Å². The largest absolute Gasteiger partial charge is 0.463 e. The smallest absolute Gasteiger partial charge is 0.339 e. The highest BCUT2D eigenvalue weighted by molar-refractivity contribution is 6.30. The van der Waals surface area contributed by atoms with Crippen molar-refractivity contribution in [2.45, 2.75) is 19.9 Å². The molecule has 0 aliphatic carbocycles. The molecule has 3 rings (SSSR count). The molecule has 0 saturated carbocycles. The third-order valence-electron chi connectivity index (χ3n) is 4.73. The molecule has 1 atom stereocenters. The average Bonchev–Trinajstić information content (AvgIpc) is 2.79. The Morgan fingerprint density at radius 1 is 1.00 bits per heavy atom. The van der Waals surface area contributed by atoms with Gasteiger partial charge >= 0.3 is 11.9 Å². The number of ether oxygens (including phenoxy) is 2. The molecular formula is C23H21ClN2O6. The molecule has 0 radical (unpaired) electrons. The first-order chi connectivity index (χ1) is 15.3. The summed E-state index contributed by atoms with van der Waals surface area (Å²) in [7, 11) is 0. The third kappa shape index (κ3) is 4.97. The van der Waals surface area contributed by atoms with Crippen LogP contribution in [0.5, 0.6) is 0 Å². The maximum Gasteiger partial charge on any atom is 0.339 e. The predicted molar refractivity (Wildman–Crippen MR) is 119 cm³/mol. The number of carbonyl (C=O) groups excluding carboxylic acids is 2. The molecule has 1 aliphatic rings. The minimum Gasteiger partial charge on any atom is -0.463 e. The van der Waals surface area contributed by atoms with E-state index in [1.807, 2.05) is 0 Å². The van der Waals surface area contributed by atoms with Gasteiger partial charge in [-0.15, -0.1) is 0 Å². The molecule has 0 aromatic heterocycles. The van der Waals surface area contributed by atoms with Crippen molar-refractivity contribution in [3.63, 3.8) is 0 Å². The van der Waals surface area contributed by atoms with Crippen LogP contribution in [0.4, 0.5) is 11.4 Å². The Hall–Kier alpha value is -3.65. The van der Waals surface area contributed by atoms with Gasteiger partial charge in [-0.3, -0.25) is 10.1 Å². The minimum absolute atomic E-state index is 0.0768. The normalized spacial score (nSPS) is 15.5. The fourth-order valence-electron chi connectivity index (χ4n) is 3.32. The van der Waals surface area contributed by atoms with Crippen LogP contribution in [-0.2, 0) is 19.1 Å². The Bertz CT molecular complexity index is 1080. The van der Waals surface area contributed by atoms with Crippen LogP contribution >= 0.6 is 11.6 Å². The highest BCUT2D eigenvalue weighted by Crippen LogP contribution is 2.39. The monoisotopic (exact) mass is 456 g/mol. The van der Waals surface area contributed by atoms with Crippen LogP contribution in [0.1, 0.15) is 25.5 Å². The van der Waals surface area contributed by atoms with Gasteiger partial charge in [-0.25, -0.2) is 9.59 Å². The molecule has 0 spiro atoms. The number of hydrogen-bond acceptors (Lipinski definition) is 7. The highest BCUT2D eigenvalue weighted by atomic mass is 35.5. The van der Waals surface area contributed by atoms with Crippen molar-refractivity contribution in [2.24, 2.45) is 0 Å². The quantitative estimate of drug-likeness (QED) is 0.337. The zero-order valence-corrected chi connectivity index (χ0v) is 18.2. The van der Waals surface area contributed by atoms with Gasteiger partial charge in [0.25, 0.3) is 5.69 Å². The molecule has 1 unspecified atom stereocenters. The van der Waals surface area contributed by atoms with Crippen LogP contribution in [0.2, 0.25) is 5.02 Å². The fraction of sp³-hybridized carbons (Fsp3) is 0.217. The van der Waals surface area contributed by atoms with E-state index in [1.54, 1.807) is 61.3 Å². The van der Waals surface area contributed by atoms with Crippen LogP contribution < -0.4 is 4.90 Å². The summed E-state index contributed by atoms with van der Waals surface area (Å²) in [5.74, 6) is -1.19. The lowest BCUT2D eigenvalue weighted by atomic mass is 9.91. The zero-order valence-electron chi connectivity index (χ0n) is 17.5. The lowest BCUT2D eigenvalue weighted by Gasteiger charge is -2.35. The molecule has 2 aromatic carbocycles. The predicted octanol–water partition coefficient (Wildman–Crippen LogP) is 4.75. The number of nitrogens with zero attached hydrogens (tertiary/aromatic N) is 2. The molecule has 0 N–H and O–H groups in total. The second-order valence-electron chi connectivity index (χ2n) is 6.76. The fourth-order valence-corrected chi connectivity index (χ4v) is 3.45. The molecule has 32 heavy (non-hydrogen) atoms. The Balaban J connectivity index is 2.17. The van der Waals surface area contributed by atoms with Gasteiger partial charge in [-0.1, -0.05) is 11.6 Å². The van der Waals surface area contributed by atoms with Crippen LogP contribution in [-0.4, -0.2) is 30.1 Å². The van der Waals surface area contributed by atoms with Gasteiger partial charge < -0.3 is 14.4 Å². The number of rotatable bonds is 7. The Kier molecular flexibility index (Phi) is 7.27.